The Hall–Kier alpha value is -2.98. The molecule has 2 aromatic carbocycles. The van der Waals surface area contributed by atoms with Gasteiger partial charge >= 0.3 is 7.60 Å². The third-order valence-electron chi connectivity index (χ3n) is 5.09. The normalized spacial score (nSPS) is 12.0. The molecule has 0 bridgehead atoms. The maximum absolute atomic E-state index is 14.8. The molecule has 1 heterocycles. The van der Waals surface area contributed by atoms with Gasteiger partial charge in [-0.25, -0.2) is 22.8 Å². The number of halogens is 1. The fourth-order valence-corrected chi connectivity index (χ4v) is 7.74. The van der Waals surface area contributed by atoms with Gasteiger partial charge in [0.1, 0.15) is 16.4 Å². The summed E-state index contributed by atoms with van der Waals surface area (Å²) in [6.07, 6.45) is 1.17. The average Bonchev–Trinajstić information content (AvgIpc) is 2.79. The average molecular weight is 536 g/mol. The highest BCUT2D eigenvalue weighted by atomic mass is 32.2. The van der Waals surface area contributed by atoms with Gasteiger partial charge in [-0.05, 0) is 38.5 Å². The number of aromatic nitrogens is 2. The maximum atomic E-state index is 14.8. The van der Waals surface area contributed by atoms with Gasteiger partial charge in [-0.3, -0.25) is 9.36 Å². The van der Waals surface area contributed by atoms with Crippen LogP contribution in [0.15, 0.2) is 53.6 Å². The fraction of sp³-hybridized carbons (Fsp3) is 0.292. The molecule has 1 aromatic heterocycles. The molecular formula is C24H27FN3O6PS. The Kier molecular flexibility index (Phi) is 8.73. The van der Waals surface area contributed by atoms with Crippen LogP contribution in [0.4, 0.5) is 10.2 Å². The monoisotopic (exact) mass is 535 g/mol. The van der Waals surface area contributed by atoms with Crippen molar-refractivity contribution in [1.82, 2.24) is 9.97 Å². The lowest BCUT2D eigenvalue weighted by molar-refractivity contribution is 0.0989. The molecule has 3 rings (SSSR count). The Labute approximate surface area is 209 Å². The van der Waals surface area contributed by atoms with E-state index in [1.807, 2.05) is 31.2 Å². The number of ketones is 1. The molecule has 0 atom stereocenters. The van der Waals surface area contributed by atoms with Gasteiger partial charge < -0.3 is 14.8 Å². The lowest BCUT2D eigenvalue weighted by Gasteiger charge is -2.17. The molecule has 2 N–H and O–H groups in total. The van der Waals surface area contributed by atoms with Crippen LogP contribution in [-0.2, 0) is 29.9 Å². The second-order valence-electron chi connectivity index (χ2n) is 7.91. The Bertz CT molecular complexity index is 1400. The number of carbonyl (C=O) groups excluding carboxylic acids is 1. The van der Waals surface area contributed by atoms with Crippen LogP contribution in [-0.4, -0.2) is 42.9 Å². The standard InChI is InChI=1S/C24H27FN3O6PS/c1-4-33-35(30,34-5-2)15-36(31,32)22-11-8-17(12-19(22)25)13-21(29)23-24(26)27-14-20(28-23)18-9-6-16(3)7-10-18/h6-12,14H,4-5,13,15H2,1-3H3,(H2,26,27). The first-order chi connectivity index (χ1) is 17.0. The largest absolute Gasteiger partial charge is 0.382 e. The van der Waals surface area contributed by atoms with E-state index in [4.69, 9.17) is 14.8 Å². The van der Waals surface area contributed by atoms with Gasteiger partial charge in [0.2, 0.25) is 0 Å². The molecule has 0 aliphatic heterocycles. The second-order valence-corrected chi connectivity index (χ2v) is 12.4. The van der Waals surface area contributed by atoms with Crippen LogP contribution in [0, 0.1) is 12.7 Å². The van der Waals surface area contributed by atoms with Gasteiger partial charge in [-0.1, -0.05) is 35.9 Å². The van der Waals surface area contributed by atoms with Gasteiger partial charge in [-0.2, -0.15) is 0 Å². The minimum Gasteiger partial charge on any atom is -0.382 e. The van der Waals surface area contributed by atoms with Gasteiger partial charge in [-0.15, -0.1) is 0 Å². The number of sulfone groups is 1. The minimum absolute atomic E-state index is 0.0343. The number of rotatable bonds is 11. The quantitative estimate of drug-likeness (QED) is 0.276. The number of benzene rings is 2. The van der Waals surface area contributed by atoms with E-state index in [2.05, 4.69) is 9.97 Å². The predicted octanol–water partition coefficient (Wildman–Crippen LogP) is 4.60. The molecule has 0 saturated heterocycles. The van der Waals surface area contributed by atoms with Crippen LogP contribution >= 0.6 is 7.60 Å². The van der Waals surface area contributed by atoms with Crippen molar-refractivity contribution in [1.29, 1.82) is 0 Å². The Morgan fingerprint density at radius 2 is 1.72 bits per heavy atom. The smallest absolute Gasteiger partial charge is 0.346 e. The summed E-state index contributed by atoms with van der Waals surface area (Å²) < 4.78 is 63.0. The summed E-state index contributed by atoms with van der Waals surface area (Å²) in [6, 6.07) is 10.7. The van der Waals surface area contributed by atoms with Crippen LogP contribution in [0.1, 0.15) is 35.5 Å². The predicted molar refractivity (Wildman–Crippen MR) is 134 cm³/mol. The van der Waals surface area contributed by atoms with Crippen LogP contribution in [0.25, 0.3) is 11.3 Å². The van der Waals surface area contributed by atoms with Gasteiger partial charge in [0.05, 0.1) is 25.1 Å². The van der Waals surface area contributed by atoms with E-state index in [9.17, 15) is 22.2 Å². The molecule has 0 saturated carbocycles. The summed E-state index contributed by atoms with van der Waals surface area (Å²) in [5.41, 5.74) is 7.26. The Morgan fingerprint density at radius 3 is 2.31 bits per heavy atom. The molecule has 0 amide bonds. The highest BCUT2D eigenvalue weighted by molar-refractivity contribution is 7.97. The van der Waals surface area contributed by atoms with Crippen molar-refractivity contribution in [3.05, 3.63) is 71.3 Å². The molecule has 0 unspecified atom stereocenters. The number of nitrogens with two attached hydrogens (primary N) is 1. The van der Waals surface area contributed by atoms with E-state index in [1.54, 1.807) is 0 Å². The summed E-state index contributed by atoms with van der Waals surface area (Å²) in [4.78, 5) is 20.6. The summed E-state index contributed by atoms with van der Waals surface area (Å²) >= 11 is 0. The first kappa shape index (κ1) is 27.6. The highest BCUT2D eigenvalue weighted by Crippen LogP contribution is 2.50. The lowest BCUT2D eigenvalue weighted by Crippen LogP contribution is -2.14. The summed E-state index contributed by atoms with van der Waals surface area (Å²) in [7, 11) is -8.33. The molecule has 12 heteroatoms. The Morgan fingerprint density at radius 1 is 1.08 bits per heavy atom. The molecular weight excluding hydrogens is 508 g/mol. The van der Waals surface area contributed by atoms with E-state index in [1.165, 1.54) is 26.1 Å². The maximum Gasteiger partial charge on any atom is 0.346 e. The number of hydrogen-bond donors (Lipinski definition) is 1. The molecule has 0 spiro atoms. The number of hydrogen-bond acceptors (Lipinski definition) is 9. The molecule has 9 nitrogen and oxygen atoms in total. The third-order valence-corrected chi connectivity index (χ3v) is 10.0. The molecule has 192 valence electrons. The minimum atomic E-state index is -4.35. The molecule has 36 heavy (non-hydrogen) atoms. The number of Topliss-reactive ketones (excluding diaryl/α,β-unsaturated/α-hetero) is 1. The summed E-state index contributed by atoms with van der Waals surface area (Å²) in [5.74, 6) is -1.67. The SMILES string of the molecule is CCOP(=O)(CS(=O)(=O)c1ccc(CC(=O)c2nc(-c3ccc(C)cc3)cnc2N)cc1F)OCC. The molecule has 0 aliphatic carbocycles. The molecule has 0 fully saturated rings. The molecule has 0 aliphatic rings. The zero-order valence-electron chi connectivity index (χ0n) is 20.1. The molecule has 3 aromatic rings. The van der Waals surface area contributed by atoms with Crippen molar-refractivity contribution >= 4 is 29.0 Å². The van der Waals surface area contributed by atoms with E-state index in [0.717, 1.165) is 23.3 Å². The van der Waals surface area contributed by atoms with Gasteiger partial charge in [0, 0.05) is 12.0 Å². The van der Waals surface area contributed by atoms with Crippen molar-refractivity contribution in [3.63, 3.8) is 0 Å². The topological polar surface area (TPSA) is 139 Å². The molecule has 0 radical (unpaired) electrons. The zero-order chi connectivity index (χ0) is 26.5. The van der Waals surface area contributed by atoms with E-state index in [-0.39, 0.29) is 36.7 Å². The summed E-state index contributed by atoms with van der Waals surface area (Å²) in [5, 5.41) is 0. The van der Waals surface area contributed by atoms with E-state index in [0.29, 0.717) is 5.69 Å². The second kappa shape index (κ2) is 11.4. The number of anilines is 1. The van der Waals surface area contributed by atoms with Crippen molar-refractivity contribution in [3.8, 4) is 11.3 Å². The van der Waals surface area contributed by atoms with E-state index < -0.39 is 39.4 Å². The van der Waals surface area contributed by atoms with Crippen molar-refractivity contribution in [2.75, 3.05) is 24.4 Å². The van der Waals surface area contributed by atoms with Crippen LogP contribution in [0.5, 0.6) is 0 Å². The van der Waals surface area contributed by atoms with Gasteiger partial charge in [0.15, 0.2) is 26.9 Å². The van der Waals surface area contributed by atoms with Crippen molar-refractivity contribution in [2.45, 2.75) is 32.1 Å². The van der Waals surface area contributed by atoms with Crippen LogP contribution in [0.2, 0.25) is 0 Å². The van der Waals surface area contributed by atoms with Crippen LogP contribution < -0.4 is 5.73 Å². The van der Waals surface area contributed by atoms with E-state index >= 15 is 0 Å². The Balaban J connectivity index is 1.83. The van der Waals surface area contributed by atoms with Crippen molar-refractivity contribution in [2.24, 2.45) is 0 Å². The first-order valence-corrected chi connectivity index (χ1v) is 14.5. The lowest BCUT2D eigenvalue weighted by atomic mass is 10.1. The zero-order valence-corrected chi connectivity index (χ0v) is 21.8. The fourth-order valence-electron chi connectivity index (χ4n) is 3.43. The van der Waals surface area contributed by atoms with Crippen molar-refractivity contribution < 1.29 is 31.2 Å². The number of carbonyl (C=O) groups is 1. The summed E-state index contributed by atoms with van der Waals surface area (Å²) in [6.45, 7) is 4.96. The first-order valence-electron chi connectivity index (χ1n) is 11.1. The van der Waals surface area contributed by atoms with Gasteiger partial charge in [0.25, 0.3) is 0 Å². The number of aryl methyl sites for hydroxylation is 1. The highest BCUT2D eigenvalue weighted by Gasteiger charge is 2.34. The number of nitrogens with zero attached hydrogens (tertiary/aromatic N) is 2. The number of nitrogen functional groups attached to an aromatic ring is 1. The third kappa shape index (κ3) is 6.61. The van der Waals surface area contributed by atoms with Crippen LogP contribution in [0.3, 0.4) is 0 Å².